The van der Waals surface area contributed by atoms with E-state index in [9.17, 15) is 4.79 Å². The molecule has 1 aromatic heterocycles. The Morgan fingerprint density at radius 3 is 2.90 bits per heavy atom. The number of aromatic nitrogens is 1. The summed E-state index contributed by atoms with van der Waals surface area (Å²) in [5.41, 5.74) is 6.57. The van der Waals surface area contributed by atoms with Gasteiger partial charge in [-0.2, -0.15) is 5.10 Å². The molecule has 0 saturated carbocycles. The lowest BCUT2D eigenvalue weighted by Crippen LogP contribution is -2.26. The highest BCUT2D eigenvalue weighted by atomic mass is 16.2. The minimum absolute atomic E-state index is 0.175. The third-order valence-electron chi connectivity index (χ3n) is 2.91. The number of carbonyl (C=O) groups excluding carboxylic acids is 1. The quantitative estimate of drug-likeness (QED) is 0.653. The van der Waals surface area contributed by atoms with Gasteiger partial charge in [-0.3, -0.25) is 9.78 Å². The molecule has 1 amide bonds. The van der Waals surface area contributed by atoms with Crippen LogP contribution in [0.5, 0.6) is 0 Å². The van der Waals surface area contributed by atoms with E-state index in [0.29, 0.717) is 0 Å². The summed E-state index contributed by atoms with van der Waals surface area (Å²) in [6.45, 7) is 4.22. The molecule has 0 spiro atoms. The number of hydrogen-bond donors (Lipinski definition) is 2. The first-order valence-corrected chi connectivity index (χ1v) is 6.68. The number of carbonyl (C=O) groups is 1. The van der Waals surface area contributed by atoms with E-state index in [1.54, 1.807) is 18.6 Å². The normalized spacial score (nSPS) is 10.6. The van der Waals surface area contributed by atoms with Gasteiger partial charge in [0.15, 0.2) is 0 Å². The number of rotatable bonds is 5. The van der Waals surface area contributed by atoms with Crippen LogP contribution >= 0.6 is 0 Å². The van der Waals surface area contributed by atoms with E-state index in [0.717, 1.165) is 16.8 Å². The molecule has 0 aliphatic heterocycles. The van der Waals surface area contributed by atoms with Gasteiger partial charge >= 0.3 is 0 Å². The number of hydrogen-bond acceptors (Lipinski definition) is 4. The molecule has 21 heavy (non-hydrogen) atoms. The van der Waals surface area contributed by atoms with Crippen LogP contribution in [0.4, 0.5) is 5.69 Å². The zero-order valence-electron chi connectivity index (χ0n) is 12.1. The minimum Gasteiger partial charge on any atom is -0.376 e. The fraction of sp³-hybridized carbons (Fsp3) is 0.188. The monoisotopic (exact) mass is 282 g/mol. The van der Waals surface area contributed by atoms with Crippen LogP contribution in [0.3, 0.4) is 0 Å². The van der Waals surface area contributed by atoms with Gasteiger partial charge < -0.3 is 5.32 Å². The van der Waals surface area contributed by atoms with Crippen molar-refractivity contribution in [1.82, 2.24) is 10.4 Å². The Hall–Kier alpha value is -2.69. The number of pyridine rings is 1. The Labute approximate surface area is 124 Å². The van der Waals surface area contributed by atoms with Crippen LogP contribution in [-0.4, -0.2) is 23.7 Å². The molecule has 2 rings (SSSR count). The SMILES string of the molecule is Cc1ccc(NCC(=O)NN=Cc2cccnc2)c(C)c1. The zero-order chi connectivity index (χ0) is 15.1. The van der Waals surface area contributed by atoms with Gasteiger partial charge in [0.25, 0.3) is 5.91 Å². The fourth-order valence-corrected chi connectivity index (χ4v) is 1.86. The first kappa shape index (κ1) is 14.7. The number of benzene rings is 1. The van der Waals surface area contributed by atoms with Gasteiger partial charge in [0.1, 0.15) is 0 Å². The molecule has 0 aliphatic carbocycles. The average Bonchev–Trinajstić information content (AvgIpc) is 2.47. The second-order valence-corrected chi connectivity index (χ2v) is 4.75. The zero-order valence-corrected chi connectivity index (χ0v) is 12.1. The van der Waals surface area contributed by atoms with E-state index in [1.807, 2.05) is 38.1 Å². The summed E-state index contributed by atoms with van der Waals surface area (Å²) in [5, 5.41) is 6.98. The van der Waals surface area contributed by atoms with Crippen molar-refractivity contribution in [3.05, 3.63) is 59.4 Å². The number of amides is 1. The molecule has 0 unspecified atom stereocenters. The molecule has 5 nitrogen and oxygen atoms in total. The second kappa shape index (κ2) is 7.19. The molecule has 0 fully saturated rings. The summed E-state index contributed by atoms with van der Waals surface area (Å²) in [4.78, 5) is 15.6. The van der Waals surface area contributed by atoms with Gasteiger partial charge in [-0.25, -0.2) is 5.43 Å². The summed E-state index contributed by atoms with van der Waals surface area (Å²) in [5.74, 6) is -0.199. The lowest BCUT2D eigenvalue weighted by molar-refractivity contribution is -0.119. The third-order valence-corrected chi connectivity index (χ3v) is 2.91. The lowest BCUT2D eigenvalue weighted by Gasteiger charge is -2.09. The van der Waals surface area contributed by atoms with Crippen LogP contribution < -0.4 is 10.7 Å². The van der Waals surface area contributed by atoms with Crippen LogP contribution in [0.25, 0.3) is 0 Å². The first-order valence-electron chi connectivity index (χ1n) is 6.68. The van der Waals surface area contributed by atoms with Crippen molar-refractivity contribution in [2.75, 3.05) is 11.9 Å². The van der Waals surface area contributed by atoms with Crippen LogP contribution in [0, 0.1) is 13.8 Å². The average molecular weight is 282 g/mol. The molecule has 2 N–H and O–H groups in total. The molecular formula is C16H18N4O. The lowest BCUT2D eigenvalue weighted by atomic mass is 10.1. The molecule has 1 aromatic carbocycles. The van der Waals surface area contributed by atoms with Crippen LogP contribution in [0.1, 0.15) is 16.7 Å². The maximum atomic E-state index is 11.7. The Morgan fingerprint density at radius 2 is 2.19 bits per heavy atom. The molecule has 5 heteroatoms. The van der Waals surface area contributed by atoms with Gasteiger partial charge in [-0.1, -0.05) is 23.8 Å². The van der Waals surface area contributed by atoms with Gasteiger partial charge in [0, 0.05) is 23.6 Å². The van der Waals surface area contributed by atoms with E-state index in [-0.39, 0.29) is 12.5 Å². The predicted octanol–water partition coefficient (Wildman–Crippen LogP) is 2.26. The van der Waals surface area contributed by atoms with Crippen LogP contribution in [-0.2, 0) is 4.79 Å². The van der Waals surface area contributed by atoms with Crippen molar-refractivity contribution in [1.29, 1.82) is 0 Å². The highest BCUT2D eigenvalue weighted by molar-refractivity contribution is 5.84. The standard InChI is InChI=1S/C16H18N4O/c1-12-5-6-15(13(2)8-12)18-11-16(21)20-19-10-14-4-3-7-17-9-14/h3-10,18H,11H2,1-2H3,(H,20,21). The summed E-state index contributed by atoms with van der Waals surface area (Å²) < 4.78 is 0. The Balaban J connectivity index is 1.81. The number of aryl methyl sites for hydroxylation is 2. The van der Waals surface area contributed by atoms with E-state index >= 15 is 0 Å². The first-order chi connectivity index (χ1) is 10.1. The molecule has 2 aromatic rings. The van der Waals surface area contributed by atoms with Gasteiger partial charge in [0.05, 0.1) is 12.8 Å². The molecule has 1 heterocycles. The molecule has 0 saturated heterocycles. The van der Waals surface area contributed by atoms with Gasteiger partial charge in [-0.15, -0.1) is 0 Å². The van der Waals surface area contributed by atoms with Crippen molar-refractivity contribution in [3.8, 4) is 0 Å². The smallest absolute Gasteiger partial charge is 0.259 e. The molecule has 0 radical (unpaired) electrons. The maximum absolute atomic E-state index is 11.7. The highest BCUT2D eigenvalue weighted by Crippen LogP contribution is 2.15. The molecule has 108 valence electrons. The molecule has 0 aliphatic rings. The third kappa shape index (κ3) is 4.72. The maximum Gasteiger partial charge on any atom is 0.259 e. The summed E-state index contributed by atoms with van der Waals surface area (Å²) in [7, 11) is 0. The fourth-order valence-electron chi connectivity index (χ4n) is 1.86. The summed E-state index contributed by atoms with van der Waals surface area (Å²) in [6, 6.07) is 9.72. The Morgan fingerprint density at radius 1 is 1.33 bits per heavy atom. The topological polar surface area (TPSA) is 66.4 Å². The Kier molecular flexibility index (Phi) is 5.04. The summed E-state index contributed by atoms with van der Waals surface area (Å²) >= 11 is 0. The largest absolute Gasteiger partial charge is 0.376 e. The predicted molar refractivity (Wildman–Crippen MR) is 84.4 cm³/mol. The van der Waals surface area contributed by atoms with E-state index < -0.39 is 0 Å². The molecule has 0 atom stereocenters. The summed E-state index contributed by atoms with van der Waals surface area (Å²) in [6.07, 6.45) is 4.91. The molecular weight excluding hydrogens is 264 g/mol. The minimum atomic E-state index is -0.199. The number of nitrogens with zero attached hydrogens (tertiary/aromatic N) is 2. The van der Waals surface area contributed by atoms with Crippen molar-refractivity contribution < 1.29 is 4.79 Å². The Bertz CT molecular complexity index is 638. The molecule has 0 bridgehead atoms. The van der Waals surface area contributed by atoms with Crippen molar-refractivity contribution in [2.45, 2.75) is 13.8 Å². The highest BCUT2D eigenvalue weighted by Gasteiger charge is 2.02. The van der Waals surface area contributed by atoms with Crippen molar-refractivity contribution in [3.63, 3.8) is 0 Å². The van der Waals surface area contributed by atoms with Crippen LogP contribution in [0.2, 0.25) is 0 Å². The second-order valence-electron chi connectivity index (χ2n) is 4.75. The van der Waals surface area contributed by atoms with Crippen molar-refractivity contribution >= 4 is 17.8 Å². The van der Waals surface area contributed by atoms with Gasteiger partial charge in [-0.05, 0) is 31.5 Å². The van der Waals surface area contributed by atoms with Crippen LogP contribution in [0.15, 0.2) is 47.8 Å². The van der Waals surface area contributed by atoms with E-state index in [2.05, 4.69) is 26.9 Å². The number of hydrazone groups is 1. The van der Waals surface area contributed by atoms with Crippen molar-refractivity contribution in [2.24, 2.45) is 5.10 Å². The van der Waals surface area contributed by atoms with Gasteiger partial charge in [0.2, 0.25) is 0 Å². The number of anilines is 1. The number of nitrogens with one attached hydrogen (secondary N) is 2. The van der Waals surface area contributed by atoms with E-state index in [4.69, 9.17) is 0 Å². The van der Waals surface area contributed by atoms with E-state index in [1.165, 1.54) is 5.56 Å².